The maximum absolute atomic E-state index is 13.4. The fourth-order valence-electron chi connectivity index (χ4n) is 1.98. The smallest absolute Gasteiger partial charge is 0.317 e. The number of rotatable bonds is 2. The first-order valence-corrected chi connectivity index (χ1v) is 4.98. The minimum atomic E-state index is -0.958. The van der Waals surface area contributed by atoms with Crippen molar-refractivity contribution >= 4 is 5.97 Å². The maximum Gasteiger partial charge on any atom is 0.317 e. The van der Waals surface area contributed by atoms with E-state index < -0.39 is 17.6 Å². The van der Waals surface area contributed by atoms with E-state index in [4.69, 9.17) is 5.11 Å². The van der Waals surface area contributed by atoms with Crippen LogP contribution in [-0.4, -0.2) is 29.1 Å². The summed E-state index contributed by atoms with van der Waals surface area (Å²) in [6.45, 7) is 0.459. The van der Waals surface area contributed by atoms with Crippen LogP contribution in [0.3, 0.4) is 0 Å². The molecule has 0 saturated carbocycles. The minimum Gasteiger partial charge on any atom is -0.480 e. The molecule has 1 aromatic carbocycles. The van der Waals surface area contributed by atoms with E-state index >= 15 is 0 Å². The molecule has 1 aromatic rings. The SMILES string of the molecule is O=C(O)CN1CCc2c(F)ccc(F)c2C1. The molecule has 2 rings (SSSR count). The molecule has 0 spiro atoms. The molecule has 1 heterocycles. The molecule has 5 heteroatoms. The predicted molar refractivity (Wildman–Crippen MR) is 53.0 cm³/mol. The highest BCUT2D eigenvalue weighted by Gasteiger charge is 2.23. The summed E-state index contributed by atoms with van der Waals surface area (Å²) in [5.41, 5.74) is 0.661. The second kappa shape index (κ2) is 4.17. The van der Waals surface area contributed by atoms with Crippen molar-refractivity contribution in [1.82, 2.24) is 4.90 Å². The van der Waals surface area contributed by atoms with Crippen molar-refractivity contribution in [3.8, 4) is 0 Å². The van der Waals surface area contributed by atoms with Crippen LogP contribution in [0.2, 0.25) is 0 Å². The number of halogens is 2. The van der Waals surface area contributed by atoms with Crippen molar-refractivity contribution in [3.05, 3.63) is 34.9 Å². The van der Waals surface area contributed by atoms with Crippen LogP contribution in [-0.2, 0) is 17.8 Å². The quantitative estimate of drug-likeness (QED) is 0.830. The van der Waals surface area contributed by atoms with Gasteiger partial charge in [0.25, 0.3) is 0 Å². The first kappa shape index (κ1) is 11.0. The summed E-state index contributed by atoms with van der Waals surface area (Å²) in [7, 11) is 0. The Labute approximate surface area is 91.3 Å². The first-order valence-electron chi connectivity index (χ1n) is 4.98. The van der Waals surface area contributed by atoms with Gasteiger partial charge in [-0.3, -0.25) is 9.69 Å². The average molecular weight is 227 g/mol. The molecule has 0 atom stereocenters. The van der Waals surface area contributed by atoms with E-state index in [0.29, 0.717) is 18.5 Å². The summed E-state index contributed by atoms with van der Waals surface area (Å²) < 4.78 is 26.8. The van der Waals surface area contributed by atoms with E-state index in [9.17, 15) is 13.6 Å². The third-order valence-corrected chi connectivity index (χ3v) is 2.74. The Hall–Kier alpha value is -1.49. The maximum atomic E-state index is 13.4. The van der Waals surface area contributed by atoms with Gasteiger partial charge in [0.2, 0.25) is 0 Å². The topological polar surface area (TPSA) is 40.5 Å². The van der Waals surface area contributed by atoms with Gasteiger partial charge in [-0.25, -0.2) is 8.78 Å². The van der Waals surface area contributed by atoms with Crippen LogP contribution < -0.4 is 0 Å². The van der Waals surface area contributed by atoms with E-state index in [1.165, 1.54) is 0 Å². The van der Waals surface area contributed by atoms with Crippen LogP contribution in [0.4, 0.5) is 8.78 Å². The molecule has 0 aromatic heterocycles. The van der Waals surface area contributed by atoms with Gasteiger partial charge in [-0.2, -0.15) is 0 Å². The molecule has 0 aliphatic carbocycles. The van der Waals surface area contributed by atoms with Gasteiger partial charge in [-0.1, -0.05) is 0 Å². The van der Waals surface area contributed by atoms with Crippen molar-refractivity contribution < 1.29 is 18.7 Å². The lowest BCUT2D eigenvalue weighted by Crippen LogP contribution is -2.35. The number of nitrogens with zero attached hydrogens (tertiary/aromatic N) is 1. The zero-order valence-corrected chi connectivity index (χ0v) is 8.54. The van der Waals surface area contributed by atoms with Gasteiger partial charge in [-0.05, 0) is 24.1 Å². The molecule has 86 valence electrons. The molecule has 0 amide bonds. The van der Waals surface area contributed by atoms with E-state index in [-0.39, 0.29) is 18.7 Å². The zero-order valence-electron chi connectivity index (χ0n) is 8.54. The number of carboxylic acid groups (broad SMARTS) is 1. The number of hydrogen-bond acceptors (Lipinski definition) is 2. The van der Waals surface area contributed by atoms with Crippen molar-refractivity contribution in [2.45, 2.75) is 13.0 Å². The molecule has 0 bridgehead atoms. The van der Waals surface area contributed by atoms with Crippen LogP contribution in [0.5, 0.6) is 0 Å². The lowest BCUT2D eigenvalue weighted by molar-refractivity contribution is -0.138. The zero-order chi connectivity index (χ0) is 11.7. The number of benzene rings is 1. The van der Waals surface area contributed by atoms with E-state index in [0.717, 1.165) is 12.1 Å². The van der Waals surface area contributed by atoms with E-state index in [2.05, 4.69) is 0 Å². The van der Waals surface area contributed by atoms with Crippen LogP contribution in [0.25, 0.3) is 0 Å². The highest BCUT2D eigenvalue weighted by atomic mass is 19.1. The molecule has 1 N–H and O–H groups in total. The Morgan fingerprint density at radius 3 is 2.56 bits per heavy atom. The third kappa shape index (κ3) is 2.04. The summed E-state index contributed by atoms with van der Waals surface area (Å²) in [5, 5.41) is 8.63. The summed E-state index contributed by atoms with van der Waals surface area (Å²) in [6, 6.07) is 2.19. The van der Waals surface area contributed by atoms with Crippen LogP contribution in [0.1, 0.15) is 11.1 Å². The molecule has 3 nitrogen and oxygen atoms in total. The molecular formula is C11H11F2NO2. The monoisotopic (exact) mass is 227 g/mol. The molecule has 0 fully saturated rings. The van der Waals surface area contributed by atoms with Gasteiger partial charge in [-0.15, -0.1) is 0 Å². The summed E-state index contributed by atoms with van der Waals surface area (Å²) in [6.07, 6.45) is 0.353. The Morgan fingerprint density at radius 1 is 1.31 bits per heavy atom. The number of carboxylic acids is 1. The van der Waals surface area contributed by atoms with Crippen LogP contribution in [0, 0.1) is 11.6 Å². The Morgan fingerprint density at radius 2 is 1.94 bits per heavy atom. The summed E-state index contributed by atoms with van der Waals surface area (Å²) in [5.74, 6) is -1.84. The van der Waals surface area contributed by atoms with Crippen LogP contribution >= 0.6 is 0 Å². The lowest BCUT2D eigenvalue weighted by atomic mass is 9.98. The molecule has 0 unspecified atom stereocenters. The van der Waals surface area contributed by atoms with Crippen molar-refractivity contribution in [2.75, 3.05) is 13.1 Å². The highest BCUT2D eigenvalue weighted by Crippen LogP contribution is 2.24. The van der Waals surface area contributed by atoms with Crippen molar-refractivity contribution in [2.24, 2.45) is 0 Å². The fraction of sp³-hybridized carbons (Fsp3) is 0.364. The van der Waals surface area contributed by atoms with E-state index in [1.54, 1.807) is 4.90 Å². The second-order valence-corrected chi connectivity index (χ2v) is 3.84. The predicted octanol–water partition coefficient (Wildman–Crippen LogP) is 1.41. The lowest BCUT2D eigenvalue weighted by Gasteiger charge is -2.27. The van der Waals surface area contributed by atoms with Gasteiger partial charge in [0.05, 0.1) is 6.54 Å². The number of carbonyl (C=O) groups is 1. The fourth-order valence-corrected chi connectivity index (χ4v) is 1.98. The summed E-state index contributed by atoms with van der Waals surface area (Å²) in [4.78, 5) is 12.1. The molecular weight excluding hydrogens is 216 g/mol. The Bertz CT molecular complexity index is 434. The largest absolute Gasteiger partial charge is 0.480 e. The molecule has 16 heavy (non-hydrogen) atoms. The highest BCUT2D eigenvalue weighted by molar-refractivity contribution is 5.69. The van der Waals surface area contributed by atoms with Gasteiger partial charge >= 0.3 is 5.97 Å². The number of aliphatic carboxylic acids is 1. The number of fused-ring (bicyclic) bond motifs is 1. The van der Waals surface area contributed by atoms with Crippen molar-refractivity contribution in [3.63, 3.8) is 0 Å². The van der Waals surface area contributed by atoms with E-state index in [1.807, 2.05) is 0 Å². The normalized spacial score (nSPS) is 15.9. The van der Waals surface area contributed by atoms with Gasteiger partial charge < -0.3 is 5.11 Å². The Kier molecular flexibility index (Phi) is 2.87. The molecule has 1 aliphatic heterocycles. The molecule has 0 radical (unpaired) electrons. The van der Waals surface area contributed by atoms with Crippen LogP contribution in [0.15, 0.2) is 12.1 Å². The van der Waals surface area contributed by atoms with Crippen molar-refractivity contribution in [1.29, 1.82) is 0 Å². The van der Waals surface area contributed by atoms with Gasteiger partial charge in [0.15, 0.2) is 0 Å². The third-order valence-electron chi connectivity index (χ3n) is 2.74. The number of hydrogen-bond donors (Lipinski definition) is 1. The molecule has 1 aliphatic rings. The summed E-state index contributed by atoms with van der Waals surface area (Å²) >= 11 is 0. The van der Waals surface area contributed by atoms with Gasteiger partial charge in [0.1, 0.15) is 11.6 Å². The second-order valence-electron chi connectivity index (χ2n) is 3.84. The minimum absolute atomic E-state index is 0.143. The average Bonchev–Trinajstić information content (AvgIpc) is 2.23. The Balaban J connectivity index is 2.26. The first-order chi connectivity index (χ1) is 7.58. The standard InChI is InChI=1S/C11H11F2NO2/c12-9-1-2-10(13)8-5-14(6-11(15)16)4-3-7(8)9/h1-2H,3-6H2,(H,15,16). The van der Waals surface area contributed by atoms with Gasteiger partial charge in [0, 0.05) is 18.7 Å². The molecule has 0 saturated heterocycles.